The van der Waals surface area contributed by atoms with Crippen LogP contribution in [0.4, 0.5) is 0 Å². The van der Waals surface area contributed by atoms with Gasteiger partial charge in [0.1, 0.15) is 6.04 Å². The van der Waals surface area contributed by atoms with Gasteiger partial charge >= 0.3 is 5.97 Å². The van der Waals surface area contributed by atoms with Crippen LogP contribution in [0.15, 0.2) is 0 Å². The van der Waals surface area contributed by atoms with Gasteiger partial charge in [0.25, 0.3) is 0 Å². The second-order valence-corrected chi connectivity index (χ2v) is 4.99. The lowest BCUT2D eigenvalue weighted by Crippen LogP contribution is -2.40. The van der Waals surface area contributed by atoms with Crippen molar-refractivity contribution >= 4 is 5.97 Å². The van der Waals surface area contributed by atoms with Crippen molar-refractivity contribution in [3.8, 4) is 0 Å². The van der Waals surface area contributed by atoms with Gasteiger partial charge in [-0.2, -0.15) is 0 Å². The van der Waals surface area contributed by atoms with Crippen molar-refractivity contribution in [2.24, 2.45) is 11.8 Å². The summed E-state index contributed by atoms with van der Waals surface area (Å²) in [5.41, 5.74) is 0. The highest BCUT2D eigenvalue weighted by Gasteiger charge is 2.49. The van der Waals surface area contributed by atoms with Crippen molar-refractivity contribution in [3.05, 3.63) is 0 Å². The number of hydrogen-bond donors (Lipinski definition) is 0. The van der Waals surface area contributed by atoms with Crippen LogP contribution in [0, 0.1) is 11.8 Å². The summed E-state index contributed by atoms with van der Waals surface area (Å²) >= 11 is 0. The molecule has 4 atom stereocenters. The van der Waals surface area contributed by atoms with Crippen molar-refractivity contribution in [1.82, 2.24) is 4.90 Å². The molecule has 4 unspecified atom stereocenters. The summed E-state index contributed by atoms with van der Waals surface area (Å²) in [5.74, 6) is 1.19. The van der Waals surface area contributed by atoms with Gasteiger partial charge in [-0.25, -0.2) is 0 Å². The largest absolute Gasteiger partial charge is 0.468 e. The third-order valence-electron chi connectivity index (χ3n) is 4.42. The molecule has 15 heavy (non-hydrogen) atoms. The molecule has 1 heterocycles. The maximum atomic E-state index is 11.8. The van der Waals surface area contributed by atoms with Crippen LogP contribution in [-0.4, -0.2) is 37.1 Å². The van der Waals surface area contributed by atoms with Crippen molar-refractivity contribution in [3.63, 3.8) is 0 Å². The van der Waals surface area contributed by atoms with E-state index < -0.39 is 0 Å². The first kappa shape index (κ1) is 10.9. The lowest BCUT2D eigenvalue weighted by atomic mass is 9.76. The number of fused-ring (bicyclic) bond motifs is 1. The predicted octanol–water partition coefficient (Wildman–Crippen LogP) is 1.67. The minimum Gasteiger partial charge on any atom is -0.468 e. The van der Waals surface area contributed by atoms with Gasteiger partial charge in [0.2, 0.25) is 0 Å². The summed E-state index contributed by atoms with van der Waals surface area (Å²) in [5, 5.41) is 0. The van der Waals surface area contributed by atoms with Gasteiger partial charge in [-0.1, -0.05) is 12.8 Å². The molecule has 0 aromatic heterocycles. The SMILES string of the molecule is COC(=O)C1C2CCCCC2C(C)N1C. The highest BCUT2D eigenvalue weighted by molar-refractivity contribution is 5.76. The summed E-state index contributed by atoms with van der Waals surface area (Å²) in [7, 11) is 3.56. The highest BCUT2D eigenvalue weighted by atomic mass is 16.5. The van der Waals surface area contributed by atoms with Gasteiger partial charge in [-0.05, 0) is 38.6 Å². The first-order valence-corrected chi connectivity index (χ1v) is 5.96. The van der Waals surface area contributed by atoms with Gasteiger partial charge in [0.05, 0.1) is 7.11 Å². The van der Waals surface area contributed by atoms with E-state index in [1.165, 1.54) is 32.8 Å². The second-order valence-electron chi connectivity index (χ2n) is 4.99. The Morgan fingerprint density at radius 3 is 2.47 bits per heavy atom. The van der Waals surface area contributed by atoms with Crippen LogP contribution >= 0.6 is 0 Å². The Labute approximate surface area is 91.8 Å². The monoisotopic (exact) mass is 211 g/mol. The Balaban J connectivity index is 2.19. The summed E-state index contributed by atoms with van der Waals surface area (Å²) in [6.45, 7) is 2.24. The third-order valence-corrected chi connectivity index (χ3v) is 4.42. The molecule has 1 saturated carbocycles. The number of hydrogen-bond acceptors (Lipinski definition) is 3. The molecule has 0 amide bonds. The van der Waals surface area contributed by atoms with Gasteiger partial charge < -0.3 is 4.74 Å². The Bertz CT molecular complexity index is 254. The van der Waals surface area contributed by atoms with E-state index in [-0.39, 0.29) is 12.0 Å². The minimum atomic E-state index is -0.0428. The van der Waals surface area contributed by atoms with Crippen molar-refractivity contribution in [1.29, 1.82) is 0 Å². The predicted molar refractivity (Wildman–Crippen MR) is 58.5 cm³/mol. The van der Waals surface area contributed by atoms with E-state index in [4.69, 9.17) is 4.74 Å². The molecule has 2 rings (SSSR count). The standard InChI is InChI=1S/C12H21NO2/c1-8-9-6-4-5-7-10(9)11(13(8)2)12(14)15-3/h8-11H,4-7H2,1-3H3. The van der Waals surface area contributed by atoms with Crippen LogP contribution in [0.5, 0.6) is 0 Å². The number of nitrogens with zero attached hydrogens (tertiary/aromatic N) is 1. The molecular formula is C12H21NO2. The fraction of sp³-hybridized carbons (Fsp3) is 0.917. The molecule has 1 aliphatic carbocycles. The number of methoxy groups -OCH3 is 1. The summed E-state index contributed by atoms with van der Waals surface area (Å²) < 4.78 is 4.92. The van der Waals surface area contributed by atoms with Gasteiger partial charge in [-0.15, -0.1) is 0 Å². The van der Waals surface area contributed by atoms with Crippen LogP contribution in [-0.2, 0) is 9.53 Å². The maximum Gasteiger partial charge on any atom is 0.323 e. The zero-order chi connectivity index (χ0) is 11.0. The second kappa shape index (κ2) is 4.12. The molecule has 3 heteroatoms. The number of likely N-dealkylation sites (tertiary alicyclic amines) is 1. The molecule has 2 aliphatic rings. The third kappa shape index (κ3) is 1.67. The smallest absolute Gasteiger partial charge is 0.323 e. The Morgan fingerprint density at radius 1 is 1.27 bits per heavy atom. The Kier molecular flexibility index (Phi) is 3.01. The average Bonchev–Trinajstić information content (AvgIpc) is 2.52. The van der Waals surface area contributed by atoms with Crippen LogP contribution in [0.25, 0.3) is 0 Å². The summed E-state index contributed by atoms with van der Waals surface area (Å²) in [6.07, 6.45) is 5.07. The highest BCUT2D eigenvalue weighted by Crippen LogP contribution is 2.43. The van der Waals surface area contributed by atoms with E-state index in [1.807, 2.05) is 0 Å². The van der Waals surface area contributed by atoms with Crippen LogP contribution in [0.2, 0.25) is 0 Å². The van der Waals surface area contributed by atoms with E-state index in [2.05, 4.69) is 18.9 Å². The summed E-state index contributed by atoms with van der Waals surface area (Å²) in [6, 6.07) is 0.537. The van der Waals surface area contributed by atoms with Crippen molar-refractivity contribution < 1.29 is 9.53 Å². The zero-order valence-corrected chi connectivity index (χ0v) is 9.90. The van der Waals surface area contributed by atoms with E-state index in [1.54, 1.807) is 0 Å². The molecule has 0 radical (unpaired) electrons. The molecule has 0 bridgehead atoms. The number of likely N-dealkylation sites (N-methyl/N-ethyl adjacent to an activating group) is 1. The molecule has 2 fully saturated rings. The topological polar surface area (TPSA) is 29.5 Å². The number of esters is 1. The number of carbonyl (C=O) groups is 1. The van der Waals surface area contributed by atoms with E-state index >= 15 is 0 Å². The Morgan fingerprint density at radius 2 is 1.87 bits per heavy atom. The lowest BCUT2D eigenvalue weighted by Gasteiger charge is -2.28. The Hall–Kier alpha value is -0.570. The number of ether oxygens (including phenoxy) is 1. The first-order chi connectivity index (χ1) is 7.16. The molecule has 1 aliphatic heterocycles. The molecule has 0 aromatic rings. The van der Waals surface area contributed by atoms with Gasteiger partial charge in [0, 0.05) is 6.04 Å². The molecule has 0 spiro atoms. The quantitative estimate of drug-likeness (QED) is 0.618. The van der Waals surface area contributed by atoms with Crippen LogP contribution in [0.1, 0.15) is 32.6 Å². The van der Waals surface area contributed by atoms with Gasteiger partial charge in [0.15, 0.2) is 0 Å². The fourth-order valence-electron chi connectivity index (χ4n) is 3.50. The lowest BCUT2D eigenvalue weighted by molar-refractivity contribution is -0.147. The molecule has 86 valence electrons. The molecule has 3 nitrogen and oxygen atoms in total. The van der Waals surface area contributed by atoms with E-state index in [0.717, 1.165) is 0 Å². The van der Waals surface area contributed by atoms with Gasteiger partial charge in [-0.3, -0.25) is 9.69 Å². The number of carbonyl (C=O) groups excluding carboxylic acids is 1. The average molecular weight is 211 g/mol. The van der Waals surface area contributed by atoms with Crippen molar-refractivity contribution in [2.75, 3.05) is 14.2 Å². The molecule has 0 N–H and O–H groups in total. The fourth-order valence-corrected chi connectivity index (χ4v) is 3.50. The normalized spacial score (nSPS) is 41.3. The number of rotatable bonds is 1. The van der Waals surface area contributed by atoms with Crippen LogP contribution in [0.3, 0.4) is 0 Å². The maximum absolute atomic E-state index is 11.8. The molecule has 0 aromatic carbocycles. The van der Waals surface area contributed by atoms with Crippen molar-refractivity contribution in [2.45, 2.75) is 44.7 Å². The first-order valence-electron chi connectivity index (χ1n) is 5.96. The van der Waals surface area contributed by atoms with E-state index in [0.29, 0.717) is 17.9 Å². The molecule has 1 saturated heterocycles. The zero-order valence-electron chi connectivity index (χ0n) is 9.90. The summed E-state index contributed by atoms with van der Waals surface area (Å²) in [4.78, 5) is 14.0. The van der Waals surface area contributed by atoms with Crippen LogP contribution < -0.4 is 0 Å². The minimum absolute atomic E-state index is 0.00954. The molecular weight excluding hydrogens is 190 g/mol. The van der Waals surface area contributed by atoms with E-state index in [9.17, 15) is 4.79 Å².